The van der Waals surface area contributed by atoms with Crippen LogP contribution in [0, 0.1) is 0 Å². The van der Waals surface area contributed by atoms with E-state index in [0.717, 1.165) is 32.2 Å². The smallest absolute Gasteiger partial charge is 0.247 e. The van der Waals surface area contributed by atoms with Crippen molar-refractivity contribution in [2.45, 2.75) is 44.0 Å². The second-order valence-corrected chi connectivity index (χ2v) is 7.62. The lowest BCUT2D eigenvalue weighted by atomic mass is 10.2. The third-order valence-corrected chi connectivity index (χ3v) is 6.12. The van der Waals surface area contributed by atoms with Gasteiger partial charge >= 0.3 is 0 Å². The summed E-state index contributed by atoms with van der Waals surface area (Å²) in [5.41, 5.74) is 0. The molecular weight excluding hydrogens is 344 g/mol. The van der Waals surface area contributed by atoms with Crippen molar-refractivity contribution in [2.75, 3.05) is 19.6 Å². The van der Waals surface area contributed by atoms with Crippen molar-refractivity contribution >= 4 is 26.0 Å². The number of hydrogen-bond acceptors (Lipinski definition) is 4. The molecule has 1 saturated heterocycles. The Labute approximate surface area is 128 Å². The molecule has 20 heavy (non-hydrogen) atoms. The van der Waals surface area contributed by atoms with Gasteiger partial charge in [0.2, 0.25) is 10.0 Å². The van der Waals surface area contributed by atoms with Crippen molar-refractivity contribution in [3.8, 4) is 0 Å². The van der Waals surface area contributed by atoms with Gasteiger partial charge < -0.3 is 9.73 Å². The highest BCUT2D eigenvalue weighted by atomic mass is 79.9. The van der Waals surface area contributed by atoms with E-state index in [4.69, 9.17) is 4.42 Å². The Morgan fingerprint density at radius 1 is 1.35 bits per heavy atom. The lowest BCUT2D eigenvalue weighted by Gasteiger charge is -2.25. The van der Waals surface area contributed by atoms with Gasteiger partial charge in [-0.2, -0.15) is 4.31 Å². The highest BCUT2D eigenvalue weighted by Gasteiger charge is 2.30. The Hall–Kier alpha value is -0.370. The fraction of sp³-hybridized carbons (Fsp3) is 0.692. The topological polar surface area (TPSA) is 62.6 Å². The first kappa shape index (κ1) is 16.0. The monoisotopic (exact) mass is 364 g/mol. The molecule has 0 spiro atoms. The second kappa shape index (κ2) is 7.06. The molecule has 0 aromatic carbocycles. The molecule has 2 heterocycles. The number of nitrogens with one attached hydrogen (secondary N) is 1. The minimum absolute atomic E-state index is 0.243. The first-order valence-corrected chi connectivity index (χ1v) is 9.28. The highest BCUT2D eigenvalue weighted by molar-refractivity contribution is 9.10. The Kier molecular flexibility index (Phi) is 5.65. The molecule has 1 N–H and O–H groups in total. The Bertz CT molecular complexity index is 536. The predicted octanol–water partition coefficient (Wildman–Crippen LogP) is 2.72. The van der Waals surface area contributed by atoms with E-state index < -0.39 is 10.0 Å². The third kappa shape index (κ3) is 3.63. The molecule has 114 valence electrons. The van der Waals surface area contributed by atoms with Gasteiger partial charge in [0.05, 0.1) is 6.54 Å². The van der Waals surface area contributed by atoms with E-state index in [2.05, 4.69) is 28.2 Å². The van der Waals surface area contributed by atoms with Crippen molar-refractivity contribution in [1.82, 2.24) is 9.62 Å². The lowest BCUT2D eigenvalue weighted by Crippen LogP contribution is -2.35. The molecule has 0 radical (unpaired) electrons. The predicted molar refractivity (Wildman–Crippen MR) is 81.0 cm³/mol. The summed E-state index contributed by atoms with van der Waals surface area (Å²) in [6.45, 7) is 4.71. The number of sulfonamides is 1. The SMILES string of the molecule is CCCNCc1cc(S(=O)(=O)N2CCCCC2)c(Br)o1. The summed E-state index contributed by atoms with van der Waals surface area (Å²) in [5.74, 6) is 0.640. The van der Waals surface area contributed by atoms with Crippen LogP contribution in [0.15, 0.2) is 20.0 Å². The number of halogens is 1. The summed E-state index contributed by atoms with van der Waals surface area (Å²) < 4.78 is 32.5. The quantitative estimate of drug-likeness (QED) is 0.788. The minimum atomic E-state index is -3.44. The van der Waals surface area contributed by atoms with E-state index in [0.29, 0.717) is 30.1 Å². The molecule has 2 rings (SSSR count). The van der Waals surface area contributed by atoms with Crippen LogP contribution in [0.25, 0.3) is 0 Å². The lowest BCUT2D eigenvalue weighted by molar-refractivity contribution is 0.346. The van der Waals surface area contributed by atoms with Gasteiger partial charge in [-0.25, -0.2) is 8.42 Å². The van der Waals surface area contributed by atoms with Crippen LogP contribution in [0.1, 0.15) is 38.4 Å². The zero-order valence-corrected chi connectivity index (χ0v) is 14.1. The maximum atomic E-state index is 12.6. The third-order valence-electron chi connectivity index (χ3n) is 3.37. The fourth-order valence-electron chi connectivity index (χ4n) is 2.29. The van der Waals surface area contributed by atoms with Gasteiger partial charge in [-0.3, -0.25) is 0 Å². The van der Waals surface area contributed by atoms with Gasteiger partial charge in [0.15, 0.2) is 4.67 Å². The van der Waals surface area contributed by atoms with Gasteiger partial charge in [-0.05, 0) is 41.7 Å². The summed E-state index contributed by atoms with van der Waals surface area (Å²) in [4.78, 5) is 0.243. The maximum absolute atomic E-state index is 12.6. The molecule has 0 aliphatic carbocycles. The van der Waals surface area contributed by atoms with Gasteiger partial charge in [-0.15, -0.1) is 0 Å². The summed E-state index contributed by atoms with van der Waals surface area (Å²) in [6.07, 6.45) is 3.99. The summed E-state index contributed by atoms with van der Waals surface area (Å²) >= 11 is 3.23. The molecule has 1 aromatic rings. The van der Waals surface area contributed by atoms with E-state index in [1.807, 2.05) is 0 Å². The fourth-order valence-corrected chi connectivity index (χ4v) is 4.77. The van der Waals surface area contributed by atoms with Crippen LogP contribution < -0.4 is 5.32 Å². The normalized spacial score (nSPS) is 17.5. The maximum Gasteiger partial charge on any atom is 0.247 e. The number of rotatable bonds is 6. The van der Waals surface area contributed by atoms with Crippen molar-refractivity contribution < 1.29 is 12.8 Å². The van der Waals surface area contributed by atoms with Gasteiger partial charge in [0.1, 0.15) is 10.7 Å². The summed E-state index contributed by atoms with van der Waals surface area (Å²) in [6, 6.07) is 1.62. The molecule has 0 saturated carbocycles. The van der Waals surface area contributed by atoms with Crippen molar-refractivity contribution in [1.29, 1.82) is 0 Å². The standard InChI is InChI=1S/C13H21BrN2O3S/c1-2-6-15-10-11-9-12(13(14)19-11)20(17,18)16-7-4-3-5-8-16/h9,15H,2-8,10H2,1H3. The first-order valence-electron chi connectivity index (χ1n) is 7.04. The number of nitrogens with zero attached hydrogens (tertiary/aromatic N) is 1. The largest absolute Gasteiger partial charge is 0.452 e. The molecule has 1 aromatic heterocycles. The van der Waals surface area contributed by atoms with Crippen LogP contribution in [0.2, 0.25) is 0 Å². The average molecular weight is 365 g/mol. The van der Waals surface area contributed by atoms with Crippen molar-refractivity contribution in [3.05, 3.63) is 16.5 Å². The Balaban J connectivity index is 2.14. The van der Waals surface area contributed by atoms with Gasteiger partial charge in [0, 0.05) is 19.2 Å². The molecule has 0 amide bonds. The van der Waals surface area contributed by atoms with Crippen molar-refractivity contribution in [2.24, 2.45) is 0 Å². The van der Waals surface area contributed by atoms with E-state index in [1.54, 1.807) is 10.4 Å². The Morgan fingerprint density at radius 3 is 2.70 bits per heavy atom. The van der Waals surface area contributed by atoms with Crippen LogP contribution in [0.5, 0.6) is 0 Å². The van der Waals surface area contributed by atoms with Crippen molar-refractivity contribution in [3.63, 3.8) is 0 Å². The van der Waals surface area contributed by atoms with Gasteiger partial charge in [0.25, 0.3) is 0 Å². The Morgan fingerprint density at radius 2 is 2.05 bits per heavy atom. The van der Waals surface area contributed by atoms with E-state index in [1.165, 1.54) is 0 Å². The number of piperidine rings is 1. The molecule has 0 atom stereocenters. The summed E-state index contributed by atoms with van der Waals surface area (Å²) in [5, 5.41) is 3.20. The van der Waals surface area contributed by atoms with Crippen LogP contribution in [-0.2, 0) is 16.6 Å². The number of hydrogen-bond donors (Lipinski definition) is 1. The molecule has 5 nitrogen and oxygen atoms in total. The molecule has 1 aliphatic rings. The zero-order valence-electron chi connectivity index (χ0n) is 11.7. The van der Waals surface area contributed by atoms with Crippen LogP contribution in [0.3, 0.4) is 0 Å². The highest BCUT2D eigenvalue weighted by Crippen LogP contribution is 2.30. The molecular formula is C13H21BrN2O3S. The molecule has 0 bridgehead atoms. The summed E-state index contributed by atoms with van der Waals surface area (Å²) in [7, 11) is -3.44. The van der Waals surface area contributed by atoms with E-state index in [9.17, 15) is 8.42 Å². The average Bonchev–Trinajstić information content (AvgIpc) is 2.82. The number of furan rings is 1. The minimum Gasteiger partial charge on any atom is -0.452 e. The molecule has 7 heteroatoms. The van der Waals surface area contributed by atoms with Crippen LogP contribution in [-0.4, -0.2) is 32.4 Å². The van der Waals surface area contributed by atoms with Gasteiger partial charge in [-0.1, -0.05) is 13.3 Å². The molecule has 0 unspecified atom stereocenters. The molecule has 1 fully saturated rings. The van der Waals surface area contributed by atoms with E-state index >= 15 is 0 Å². The van der Waals surface area contributed by atoms with E-state index in [-0.39, 0.29) is 4.90 Å². The first-order chi connectivity index (χ1) is 9.55. The second-order valence-electron chi connectivity index (χ2n) is 4.99. The zero-order chi connectivity index (χ0) is 14.6. The van der Waals surface area contributed by atoms with Crippen LogP contribution >= 0.6 is 15.9 Å². The molecule has 1 aliphatic heterocycles. The van der Waals surface area contributed by atoms with Crippen LogP contribution in [0.4, 0.5) is 0 Å².